The first kappa shape index (κ1) is 26.9. The van der Waals surface area contributed by atoms with E-state index in [1.807, 2.05) is 29.2 Å². The van der Waals surface area contributed by atoms with Gasteiger partial charge in [0.2, 0.25) is 0 Å². The Kier molecular flexibility index (Phi) is 8.03. The fraction of sp³-hybridized carbons (Fsp3) is 0.533. The van der Waals surface area contributed by atoms with Crippen molar-refractivity contribution in [1.82, 2.24) is 9.80 Å². The largest absolute Gasteiger partial charge is 0.497 e. The number of carbonyl (C=O) groups excluding carboxylic acids is 1. The molecule has 208 valence electrons. The summed E-state index contributed by atoms with van der Waals surface area (Å²) in [4.78, 5) is 18.6. The van der Waals surface area contributed by atoms with Gasteiger partial charge >= 0.3 is 0 Å². The molecule has 4 aliphatic rings. The van der Waals surface area contributed by atoms with E-state index >= 15 is 0 Å². The van der Waals surface area contributed by atoms with Crippen molar-refractivity contribution in [3.8, 4) is 22.8 Å². The fourth-order valence-electron chi connectivity index (χ4n) is 6.58. The Bertz CT molecular complexity index is 1250. The summed E-state index contributed by atoms with van der Waals surface area (Å²) in [6, 6.07) is 8.08. The molecule has 3 atom stereocenters. The number of benzene rings is 1. The van der Waals surface area contributed by atoms with E-state index in [0.717, 1.165) is 80.7 Å². The minimum atomic E-state index is 0.0304. The van der Waals surface area contributed by atoms with Crippen LogP contribution < -0.4 is 9.47 Å². The smallest absolute Gasteiger partial charge is 0.266 e. The number of fused-ring (bicyclic) bond motifs is 2. The summed E-state index contributed by atoms with van der Waals surface area (Å²) >= 11 is 7.14. The van der Waals surface area contributed by atoms with Crippen LogP contribution in [0.15, 0.2) is 33.6 Å². The van der Waals surface area contributed by atoms with Gasteiger partial charge in [0.05, 0.1) is 32.3 Å². The highest BCUT2D eigenvalue weighted by atomic mass is 32.2. The Labute approximate surface area is 239 Å². The number of rotatable bonds is 9. The molecule has 1 aromatic carbocycles. The van der Waals surface area contributed by atoms with Crippen molar-refractivity contribution < 1.29 is 23.4 Å². The van der Waals surface area contributed by atoms with Gasteiger partial charge in [-0.25, -0.2) is 0 Å². The summed E-state index contributed by atoms with van der Waals surface area (Å²) < 4.78 is 23.6. The number of furan rings is 1. The predicted octanol–water partition coefficient (Wildman–Crippen LogP) is 5.62. The van der Waals surface area contributed by atoms with Gasteiger partial charge in [-0.2, -0.15) is 0 Å². The molecular weight excluding hydrogens is 532 g/mol. The minimum absolute atomic E-state index is 0.0304. The van der Waals surface area contributed by atoms with Gasteiger partial charge in [0.1, 0.15) is 27.3 Å². The third kappa shape index (κ3) is 5.64. The monoisotopic (exact) mass is 568 g/mol. The van der Waals surface area contributed by atoms with Gasteiger partial charge in [-0.05, 0) is 74.2 Å². The molecule has 0 radical (unpaired) electrons. The molecule has 4 fully saturated rings. The second kappa shape index (κ2) is 11.6. The predicted molar refractivity (Wildman–Crippen MR) is 157 cm³/mol. The number of nitrogens with zero attached hydrogens (tertiary/aromatic N) is 2. The number of amides is 1. The maximum atomic E-state index is 13.6. The zero-order chi connectivity index (χ0) is 26.9. The van der Waals surface area contributed by atoms with E-state index in [-0.39, 0.29) is 11.9 Å². The Morgan fingerprint density at radius 3 is 2.51 bits per heavy atom. The lowest BCUT2D eigenvalue weighted by molar-refractivity contribution is -0.124. The summed E-state index contributed by atoms with van der Waals surface area (Å²) in [5.41, 5.74) is 1.96. The van der Waals surface area contributed by atoms with Crippen molar-refractivity contribution in [2.45, 2.75) is 44.6 Å². The lowest BCUT2D eigenvalue weighted by Crippen LogP contribution is -2.41. The number of ether oxygens (including phenoxy) is 3. The van der Waals surface area contributed by atoms with Crippen LogP contribution in [0, 0.1) is 11.8 Å². The van der Waals surface area contributed by atoms with Crippen LogP contribution in [-0.4, -0.2) is 73.1 Å². The van der Waals surface area contributed by atoms with Gasteiger partial charge in [0.15, 0.2) is 0 Å². The first-order valence-corrected chi connectivity index (χ1v) is 15.2. The van der Waals surface area contributed by atoms with Gasteiger partial charge in [-0.1, -0.05) is 30.4 Å². The quantitative estimate of drug-likeness (QED) is 0.285. The zero-order valence-electron chi connectivity index (χ0n) is 22.6. The fourth-order valence-corrected chi connectivity index (χ4v) is 7.93. The Morgan fingerprint density at radius 1 is 1.08 bits per heavy atom. The average Bonchev–Trinajstić information content (AvgIpc) is 3.74. The SMILES string of the molecule is COc1cc(OC)cc(-c2cc(CCCN3CCOCC3)c(/C=C3/SC(=S)N(C4CC5CCC4C5)C3=O)o2)c1. The molecule has 2 aromatic rings. The van der Waals surface area contributed by atoms with E-state index in [0.29, 0.717) is 26.6 Å². The molecule has 2 aliphatic heterocycles. The summed E-state index contributed by atoms with van der Waals surface area (Å²) in [5.74, 6) is 4.21. The molecule has 1 aromatic heterocycles. The lowest BCUT2D eigenvalue weighted by atomic mass is 9.94. The van der Waals surface area contributed by atoms with E-state index in [1.54, 1.807) is 14.2 Å². The van der Waals surface area contributed by atoms with Crippen LogP contribution in [0.1, 0.15) is 43.4 Å². The molecule has 0 N–H and O–H groups in total. The molecule has 39 heavy (non-hydrogen) atoms. The van der Waals surface area contributed by atoms with E-state index < -0.39 is 0 Å². The molecule has 1 amide bonds. The second-order valence-corrected chi connectivity index (χ2v) is 12.6. The van der Waals surface area contributed by atoms with Crippen molar-refractivity contribution in [2.24, 2.45) is 11.8 Å². The van der Waals surface area contributed by atoms with Crippen molar-refractivity contribution in [3.05, 3.63) is 40.5 Å². The minimum Gasteiger partial charge on any atom is -0.497 e. The number of aryl methyl sites for hydroxylation is 1. The molecule has 6 rings (SSSR count). The number of carbonyl (C=O) groups is 1. The third-order valence-corrected chi connectivity index (χ3v) is 9.95. The van der Waals surface area contributed by atoms with Crippen LogP contribution in [0.2, 0.25) is 0 Å². The van der Waals surface area contributed by atoms with E-state index in [2.05, 4.69) is 11.0 Å². The first-order valence-electron chi connectivity index (χ1n) is 14.0. The number of hydrogen-bond donors (Lipinski definition) is 0. The maximum absolute atomic E-state index is 13.6. The van der Waals surface area contributed by atoms with E-state index in [9.17, 15) is 4.79 Å². The molecule has 2 saturated heterocycles. The maximum Gasteiger partial charge on any atom is 0.266 e. The van der Waals surface area contributed by atoms with Crippen LogP contribution in [0.25, 0.3) is 17.4 Å². The number of methoxy groups -OCH3 is 2. The van der Waals surface area contributed by atoms with Gasteiger partial charge in [-0.3, -0.25) is 14.6 Å². The highest BCUT2D eigenvalue weighted by molar-refractivity contribution is 8.26. The van der Waals surface area contributed by atoms with E-state index in [1.165, 1.54) is 31.0 Å². The standard InChI is InChI=1S/C30H36N2O5S2/c1-34-23-14-22(15-24(17-23)35-2)26-16-21(4-3-7-31-8-10-36-11-9-31)27(37-26)18-28-29(33)32(30(38)39-28)25-13-19-5-6-20(25)12-19/h14-20,25H,3-13H2,1-2H3/b28-18+. The zero-order valence-corrected chi connectivity index (χ0v) is 24.3. The first-order chi connectivity index (χ1) is 19.0. The molecular formula is C30H36N2O5S2. The average molecular weight is 569 g/mol. The molecule has 2 saturated carbocycles. The third-order valence-electron chi connectivity index (χ3n) is 8.62. The molecule has 2 bridgehead atoms. The van der Waals surface area contributed by atoms with Crippen LogP contribution >= 0.6 is 24.0 Å². The molecule has 9 heteroatoms. The van der Waals surface area contributed by atoms with E-state index in [4.69, 9.17) is 30.8 Å². The van der Waals surface area contributed by atoms with Crippen molar-refractivity contribution >= 4 is 40.3 Å². The van der Waals surface area contributed by atoms with Crippen LogP contribution in [0.4, 0.5) is 0 Å². The molecule has 2 aliphatic carbocycles. The van der Waals surface area contributed by atoms with Crippen molar-refractivity contribution in [1.29, 1.82) is 0 Å². The molecule has 7 nitrogen and oxygen atoms in total. The van der Waals surface area contributed by atoms with Gasteiger partial charge in [0, 0.05) is 36.8 Å². The van der Waals surface area contributed by atoms with Crippen molar-refractivity contribution in [2.75, 3.05) is 47.1 Å². The summed E-state index contributed by atoms with van der Waals surface area (Å²) in [7, 11) is 3.28. The van der Waals surface area contributed by atoms with Crippen molar-refractivity contribution in [3.63, 3.8) is 0 Å². The number of thiocarbonyl (C=S) groups is 1. The number of morpholine rings is 1. The van der Waals surface area contributed by atoms with Gasteiger partial charge in [-0.15, -0.1) is 0 Å². The summed E-state index contributed by atoms with van der Waals surface area (Å²) in [5, 5.41) is 0. The summed E-state index contributed by atoms with van der Waals surface area (Å²) in [6.07, 6.45) is 8.58. The van der Waals surface area contributed by atoms with Crippen LogP contribution in [0.5, 0.6) is 11.5 Å². The number of thioether (sulfide) groups is 1. The van der Waals surface area contributed by atoms with Crippen LogP contribution in [0.3, 0.4) is 0 Å². The second-order valence-electron chi connectivity index (χ2n) is 11.0. The summed E-state index contributed by atoms with van der Waals surface area (Å²) in [6.45, 7) is 4.53. The lowest BCUT2D eigenvalue weighted by Gasteiger charge is -2.30. The number of hydrogen-bond acceptors (Lipinski definition) is 8. The van der Waals surface area contributed by atoms with Gasteiger partial charge < -0.3 is 18.6 Å². The Balaban J connectivity index is 1.27. The highest BCUT2D eigenvalue weighted by Crippen LogP contribution is 2.49. The Hall–Kier alpha value is -2.33. The molecule has 3 unspecified atom stereocenters. The Morgan fingerprint density at radius 2 is 1.85 bits per heavy atom. The van der Waals surface area contributed by atoms with Gasteiger partial charge in [0.25, 0.3) is 5.91 Å². The molecule has 0 spiro atoms. The normalized spacial score (nSPS) is 26.3. The topological polar surface area (TPSA) is 64.4 Å². The van der Waals surface area contributed by atoms with Crippen LogP contribution in [-0.2, 0) is 16.0 Å². The molecule has 3 heterocycles. The highest BCUT2D eigenvalue weighted by Gasteiger charge is 2.48.